The van der Waals surface area contributed by atoms with Crippen LogP contribution in [0.25, 0.3) is 50.9 Å². The lowest BCUT2D eigenvalue weighted by atomic mass is 9.77. The molecule has 10 rings (SSSR count). The quantitative estimate of drug-likeness (QED) is 0.201. The molecule has 0 aliphatic heterocycles. The van der Waals surface area contributed by atoms with E-state index in [1.54, 1.807) is 0 Å². The van der Waals surface area contributed by atoms with Crippen molar-refractivity contribution in [1.82, 2.24) is 19.1 Å². The van der Waals surface area contributed by atoms with E-state index in [0.717, 1.165) is 35.3 Å². The molecular formula is C43H32N4. The summed E-state index contributed by atoms with van der Waals surface area (Å²) in [5.41, 5.74) is 16.1. The molecule has 5 aromatic carbocycles. The molecule has 0 radical (unpaired) electrons. The van der Waals surface area contributed by atoms with Gasteiger partial charge in [0.05, 0.1) is 22.4 Å². The van der Waals surface area contributed by atoms with Crippen LogP contribution in [0.3, 0.4) is 0 Å². The summed E-state index contributed by atoms with van der Waals surface area (Å²) < 4.78 is 4.42. The highest BCUT2D eigenvalue weighted by Gasteiger charge is 2.25. The van der Waals surface area contributed by atoms with Crippen LogP contribution in [0.15, 0.2) is 128 Å². The molecular weight excluding hydrogens is 573 g/mol. The molecule has 2 aromatic heterocycles. The van der Waals surface area contributed by atoms with Crippen molar-refractivity contribution < 1.29 is 0 Å². The summed E-state index contributed by atoms with van der Waals surface area (Å²) in [5, 5.41) is 2.80. The topological polar surface area (TPSA) is 35.6 Å². The second kappa shape index (κ2) is 10.1. The fourth-order valence-corrected chi connectivity index (χ4v) is 7.99. The molecule has 7 aromatic rings. The lowest BCUT2D eigenvalue weighted by molar-refractivity contribution is 0.687. The normalized spacial score (nSPS) is 17.7. The highest BCUT2D eigenvalue weighted by atomic mass is 15.1. The Kier molecular flexibility index (Phi) is 5.71. The van der Waals surface area contributed by atoms with Gasteiger partial charge in [-0.05, 0) is 111 Å². The van der Waals surface area contributed by atoms with Gasteiger partial charge in [-0.3, -0.25) is 4.57 Å². The van der Waals surface area contributed by atoms with E-state index in [0.29, 0.717) is 5.92 Å². The third-order valence-electron chi connectivity index (χ3n) is 10.4. The van der Waals surface area contributed by atoms with Gasteiger partial charge >= 0.3 is 0 Å². The molecule has 3 aliphatic rings. The third kappa shape index (κ3) is 4.07. The highest BCUT2D eigenvalue weighted by molar-refractivity contribution is 6.07. The van der Waals surface area contributed by atoms with Crippen LogP contribution in [0.1, 0.15) is 57.6 Å². The molecule has 3 aliphatic carbocycles. The van der Waals surface area contributed by atoms with Crippen molar-refractivity contribution >= 4 is 39.5 Å². The lowest BCUT2D eigenvalue weighted by Crippen LogP contribution is -2.09. The average Bonchev–Trinajstić information content (AvgIpc) is 3.75. The Morgan fingerprint density at radius 2 is 1.51 bits per heavy atom. The molecule has 0 spiro atoms. The average molecular weight is 605 g/mol. The van der Waals surface area contributed by atoms with Crippen molar-refractivity contribution in [3.63, 3.8) is 0 Å². The smallest absolute Gasteiger partial charge is 0.100 e. The Hall–Kier alpha value is -5.74. The zero-order valence-corrected chi connectivity index (χ0v) is 26.1. The first kappa shape index (κ1) is 26.5. The Labute approximate surface area is 273 Å². The molecule has 0 saturated carbocycles. The maximum atomic E-state index is 4.67. The molecule has 2 unspecified atom stereocenters. The number of rotatable bonds is 4. The minimum Gasteiger partial charge on any atom is -0.303 e. The minimum atomic E-state index is 0.208. The van der Waals surface area contributed by atoms with Crippen LogP contribution in [0.5, 0.6) is 0 Å². The van der Waals surface area contributed by atoms with Gasteiger partial charge in [0.15, 0.2) is 0 Å². The summed E-state index contributed by atoms with van der Waals surface area (Å²) in [6, 6.07) is 35.7. The number of para-hydroxylation sites is 2. The molecule has 0 fully saturated rings. The van der Waals surface area contributed by atoms with E-state index in [2.05, 4.69) is 147 Å². The fourth-order valence-electron chi connectivity index (χ4n) is 7.99. The predicted octanol–water partition coefficient (Wildman–Crippen LogP) is 9.72. The molecule has 0 bridgehead atoms. The van der Waals surface area contributed by atoms with Gasteiger partial charge in [0.1, 0.15) is 12.7 Å². The Morgan fingerprint density at radius 1 is 0.702 bits per heavy atom. The molecule has 0 saturated heterocycles. The van der Waals surface area contributed by atoms with Crippen LogP contribution in [-0.2, 0) is 12.8 Å². The molecule has 4 heteroatoms. The largest absolute Gasteiger partial charge is 0.303 e. The number of hydrogen-bond donors (Lipinski definition) is 0. The van der Waals surface area contributed by atoms with Gasteiger partial charge in [0, 0.05) is 17.3 Å². The number of hydrogen-bond acceptors (Lipinski definition) is 2. The third-order valence-corrected chi connectivity index (χ3v) is 10.4. The first-order valence-corrected chi connectivity index (χ1v) is 16.5. The fraction of sp³-hybridized carbons (Fsp3) is 0.116. The summed E-state index contributed by atoms with van der Waals surface area (Å²) in [6.07, 6.45) is 17.4. The van der Waals surface area contributed by atoms with Gasteiger partial charge in [0.25, 0.3) is 0 Å². The van der Waals surface area contributed by atoms with E-state index in [-0.39, 0.29) is 5.92 Å². The summed E-state index contributed by atoms with van der Waals surface area (Å²) in [4.78, 5) is 9.26. The van der Waals surface area contributed by atoms with E-state index in [1.807, 2.05) is 18.7 Å². The summed E-state index contributed by atoms with van der Waals surface area (Å²) >= 11 is 0. The Balaban J connectivity index is 1.01. The predicted molar refractivity (Wildman–Crippen MR) is 192 cm³/mol. The van der Waals surface area contributed by atoms with Crippen LogP contribution < -0.4 is 0 Å². The van der Waals surface area contributed by atoms with E-state index < -0.39 is 0 Å². The maximum Gasteiger partial charge on any atom is 0.100 e. The van der Waals surface area contributed by atoms with Crippen molar-refractivity contribution in [3.8, 4) is 11.4 Å². The summed E-state index contributed by atoms with van der Waals surface area (Å²) in [6.45, 7) is 2.27. The number of aromatic nitrogens is 4. The number of nitrogens with zero attached hydrogens (tertiary/aromatic N) is 4. The zero-order valence-electron chi connectivity index (χ0n) is 26.1. The van der Waals surface area contributed by atoms with E-state index in [1.165, 1.54) is 61.1 Å². The Morgan fingerprint density at radius 3 is 2.40 bits per heavy atom. The zero-order chi connectivity index (χ0) is 31.1. The maximum absolute atomic E-state index is 4.67. The van der Waals surface area contributed by atoms with E-state index in [4.69, 9.17) is 0 Å². The van der Waals surface area contributed by atoms with Crippen LogP contribution in [0.4, 0.5) is 0 Å². The van der Waals surface area contributed by atoms with Crippen molar-refractivity contribution in [2.75, 3.05) is 0 Å². The SMILES string of the molecule is CC1C=Cc2ncn(-c3ccc(C4C=Cc5ccc6c7c(ccc4c57)CC=C6c4ccc(-n5cnc6ccccc65)cc4)cc3)c2C1. The molecule has 4 nitrogen and oxygen atoms in total. The van der Waals surface area contributed by atoms with Crippen molar-refractivity contribution in [2.24, 2.45) is 5.92 Å². The molecule has 0 N–H and O–H groups in total. The lowest BCUT2D eigenvalue weighted by Gasteiger charge is -2.27. The van der Waals surface area contributed by atoms with E-state index in [9.17, 15) is 0 Å². The first-order chi connectivity index (χ1) is 23.2. The van der Waals surface area contributed by atoms with Gasteiger partial charge in [-0.25, -0.2) is 9.97 Å². The first-order valence-electron chi connectivity index (χ1n) is 16.5. The molecule has 2 heterocycles. The molecule has 47 heavy (non-hydrogen) atoms. The summed E-state index contributed by atoms with van der Waals surface area (Å²) in [7, 11) is 0. The van der Waals surface area contributed by atoms with Crippen LogP contribution in [-0.4, -0.2) is 19.1 Å². The van der Waals surface area contributed by atoms with Gasteiger partial charge in [-0.1, -0.05) is 91.9 Å². The summed E-state index contributed by atoms with van der Waals surface area (Å²) in [5.74, 6) is 0.740. The van der Waals surface area contributed by atoms with Crippen molar-refractivity contribution in [1.29, 1.82) is 0 Å². The number of fused-ring (bicyclic) bond motifs is 2. The number of imidazole rings is 2. The Bertz CT molecular complexity index is 2470. The molecule has 224 valence electrons. The van der Waals surface area contributed by atoms with E-state index >= 15 is 0 Å². The monoisotopic (exact) mass is 604 g/mol. The van der Waals surface area contributed by atoms with Crippen LogP contribution >= 0.6 is 0 Å². The second-order valence-electron chi connectivity index (χ2n) is 13.2. The van der Waals surface area contributed by atoms with Crippen molar-refractivity contribution in [3.05, 3.63) is 173 Å². The number of allylic oxidation sites excluding steroid dienone is 3. The standard InChI is InChI=1S/C43H32N4/c1-27-6-23-39-41(24-27)47(26-45-39)33-17-9-29(10-18-33)35-20-12-31-13-21-36-34(19-11-30-14-22-37(35)43(31)42(30)36)28-7-15-32(16-8-28)46-25-44-38-4-2-3-5-40(38)46/h2-10,12-23,25-27,35H,11,24H2,1H3. The number of benzene rings is 5. The van der Waals surface area contributed by atoms with Gasteiger partial charge in [-0.15, -0.1) is 0 Å². The van der Waals surface area contributed by atoms with Crippen LogP contribution in [0.2, 0.25) is 0 Å². The molecule has 0 amide bonds. The highest BCUT2D eigenvalue weighted by Crippen LogP contribution is 2.45. The molecule has 2 atom stereocenters. The van der Waals surface area contributed by atoms with Gasteiger partial charge < -0.3 is 4.57 Å². The van der Waals surface area contributed by atoms with Crippen molar-refractivity contribution in [2.45, 2.75) is 25.7 Å². The minimum absolute atomic E-state index is 0.208. The van der Waals surface area contributed by atoms with Gasteiger partial charge in [-0.2, -0.15) is 0 Å². The van der Waals surface area contributed by atoms with Gasteiger partial charge in [0.2, 0.25) is 0 Å². The van der Waals surface area contributed by atoms with Crippen LogP contribution in [0, 0.1) is 5.92 Å². The second-order valence-corrected chi connectivity index (χ2v) is 13.2.